The fourth-order valence-corrected chi connectivity index (χ4v) is 3.24. The largest absolute Gasteiger partial charge is 0.507 e. The van der Waals surface area contributed by atoms with Gasteiger partial charge in [-0.3, -0.25) is 4.79 Å². The highest BCUT2D eigenvalue weighted by atomic mass is 35.5. The molecule has 29 heavy (non-hydrogen) atoms. The third kappa shape index (κ3) is 4.08. The third-order valence-electron chi connectivity index (χ3n) is 4.24. The van der Waals surface area contributed by atoms with E-state index in [1.54, 1.807) is 54.6 Å². The number of carbonyl (C=O) groups excluding carboxylic acids is 1. The number of phenols is 1. The average Bonchev–Trinajstić information content (AvgIpc) is 3.13. The Morgan fingerprint density at radius 2 is 1.93 bits per heavy atom. The number of amides is 1. The molecule has 8 heteroatoms. The summed E-state index contributed by atoms with van der Waals surface area (Å²) in [4.78, 5) is 20.0. The van der Waals surface area contributed by atoms with E-state index in [1.807, 2.05) is 6.07 Å². The molecule has 0 radical (unpaired) electrons. The molecule has 6 nitrogen and oxygen atoms in total. The summed E-state index contributed by atoms with van der Waals surface area (Å²) in [5.41, 5.74) is 5.43. The van der Waals surface area contributed by atoms with Crippen LogP contribution >= 0.6 is 23.2 Å². The number of para-hydroxylation sites is 1. The first kappa shape index (κ1) is 19.0. The van der Waals surface area contributed by atoms with Crippen LogP contribution in [0.1, 0.15) is 15.9 Å². The van der Waals surface area contributed by atoms with Crippen molar-refractivity contribution >= 4 is 46.4 Å². The van der Waals surface area contributed by atoms with E-state index in [0.717, 1.165) is 0 Å². The number of carbonyl (C=O) groups is 1. The monoisotopic (exact) mass is 424 g/mol. The molecule has 1 aromatic heterocycles. The van der Waals surface area contributed by atoms with Gasteiger partial charge in [-0.2, -0.15) is 5.10 Å². The molecule has 0 aliphatic heterocycles. The highest BCUT2D eigenvalue weighted by Gasteiger charge is 2.11. The number of rotatable bonds is 4. The number of aromatic hydroxyl groups is 1. The minimum Gasteiger partial charge on any atom is -0.507 e. The smallest absolute Gasteiger partial charge is 0.271 e. The number of phenolic OH excluding ortho intramolecular Hbond substituents is 1. The standard InChI is InChI=1S/C21H14Cl2N4O2/c22-14-7-5-13(16(23)10-14)11-24-27-21(29)12-6-8-17-18(9-12)26-20(25-17)15-3-1-2-4-19(15)28/h1-11,28H,(H,25,26)(H,27,29)/b24-11+. The zero-order valence-corrected chi connectivity index (χ0v) is 16.4. The highest BCUT2D eigenvalue weighted by Crippen LogP contribution is 2.28. The summed E-state index contributed by atoms with van der Waals surface area (Å²) in [5, 5.41) is 14.9. The van der Waals surface area contributed by atoms with Crippen molar-refractivity contribution in [3.05, 3.63) is 81.8 Å². The van der Waals surface area contributed by atoms with Crippen molar-refractivity contribution in [2.75, 3.05) is 0 Å². The Kier molecular flexibility index (Phi) is 5.20. The van der Waals surface area contributed by atoms with E-state index in [4.69, 9.17) is 23.2 Å². The molecule has 0 bridgehead atoms. The summed E-state index contributed by atoms with van der Waals surface area (Å²) in [6.45, 7) is 0. The van der Waals surface area contributed by atoms with E-state index in [2.05, 4.69) is 20.5 Å². The van der Waals surface area contributed by atoms with Crippen molar-refractivity contribution < 1.29 is 9.90 Å². The molecule has 144 valence electrons. The van der Waals surface area contributed by atoms with Gasteiger partial charge in [0.05, 0.1) is 27.8 Å². The van der Waals surface area contributed by atoms with Crippen LogP contribution in [0.2, 0.25) is 10.0 Å². The Bertz CT molecular complexity index is 1250. The van der Waals surface area contributed by atoms with Crippen molar-refractivity contribution in [3.8, 4) is 17.1 Å². The molecule has 0 saturated carbocycles. The molecule has 0 aliphatic rings. The highest BCUT2D eigenvalue weighted by molar-refractivity contribution is 6.36. The molecular weight excluding hydrogens is 411 g/mol. The molecule has 4 rings (SSSR count). The number of hydrogen-bond donors (Lipinski definition) is 3. The second kappa shape index (κ2) is 7.95. The van der Waals surface area contributed by atoms with Crippen molar-refractivity contribution in [2.45, 2.75) is 0 Å². The van der Waals surface area contributed by atoms with Crippen LogP contribution in [0.4, 0.5) is 0 Å². The van der Waals surface area contributed by atoms with Crippen molar-refractivity contribution in [1.82, 2.24) is 15.4 Å². The van der Waals surface area contributed by atoms with Crippen molar-refractivity contribution in [2.24, 2.45) is 5.10 Å². The van der Waals surface area contributed by atoms with Gasteiger partial charge in [-0.05, 0) is 42.5 Å². The van der Waals surface area contributed by atoms with Crippen LogP contribution < -0.4 is 5.43 Å². The van der Waals surface area contributed by atoms with Gasteiger partial charge in [0, 0.05) is 16.1 Å². The van der Waals surface area contributed by atoms with Crippen molar-refractivity contribution in [1.29, 1.82) is 0 Å². The molecule has 0 aliphatic carbocycles. The van der Waals surface area contributed by atoms with E-state index >= 15 is 0 Å². The van der Waals surface area contributed by atoms with Gasteiger partial charge < -0.3 is 10.1 Å². The number of nitrogens with one attached hydrogen (secondary N) is 2. The minimum absolute atomic E-state index is 0.125. The van der Waals surface area contributed by atoms with Crippen LogP contribution in [0.15, 0.2) is 65.8 Å². The molecule has 4 aromatic rings. The topological polar surface area (TPSA) is 90.4 Å². The lowest BCUT2D eigenvalue weighted by Gasteiger charge is -2.01. The van der Waals surface area contributed by atoms with E-state index in [9.17, 15) is 9.90 Å². The predicted molar refractivity (Wildman–Crippen MR) is 115 cm³/mol. The summed E-state index contributed by atoms with van der Waals surface area (Å²) in [7, 11) is 0. The van der Waals surface area contributed by atoms with Gasteiger partial charge in [-0.25, -0.2) is 10.4 Å². The maximum absolute atomic E-state index is 12.4. The van der Waals surface area contributed by atoms with Gasteiger partial charge in [0.2, 0.25) is 0 Å². The van der Waals surface area contributed by atoms with E-state index in [0.29, 0.717) is 43.6 Å². The van der Waals surface area contributed by atoms with E-state index in [-0.39, 0.29) is 11.7 Å². The number of nitrogens with zero attached hydrogens (tertiary/aromatic N) is 2. The van der Waals surface area contributed by atoms with Gasteiger partial charge in [0.1, 0.15) is 11.6 Å². The lowest BCUT2D eigenvalue weighted by atomic mass is 10.2. The van der Waals surface area contributed by atoms with Gasteiger partial charge >= 0.3 is 0 Å². The van der Waals surface area contributed by atoms with Crippen molar-refractivity contribution in [3.63, 3.8) is 0 Å². The number of aromatic nitrogens is 2. The number of benzene rings is 3. The first-order valence-corrected chi connectivity index (χ1v) is 9.33. The summed E-state index contributed by atoms with van der Waals surface area (Å²) in [6.07, 6.45) is 1.45. The molecule has 1 heterocycles. The van der Waals surface area contributed by atoms with Crippen LogP contribution in [0.5, 0.6) is 5.75 Å². The van der Waals surface area contributed by atoms with Gasteiger partial charge in [-0.1, -0.05) is 41.4 Å². The SMILES string of the molecule is O=C(N/N=C/c1ccc(Cl)cc1Cl)c1ccc2nc(-c3ccccc3O)[nH]c2c1. The summed E-state index contributed by atoms with van der Waals surface area (Å²) in [6, 6.07) is 16.9. The average molecular weight is 425 g/mol. The Morgan fingerprint density at radius 1 is 1.10 bits per heavy atom. The summed E-state index contributed by atoms with van der Waals surface area (Å²) >= 11 is 11.9. The van der Waals surface area contributed by atoms with E-state index in [1.165, 1.54) is 6.21 Å². The van der Waals surface area contributed by atoms with Gasteiger partial charge in [0.15, 0.2) is 0 Å². The third-order valence-corrected chi connectivity index (χ3v) is 4.80. The number of halogens is 2. The van der Waals surface area contributed by atoms with Crippen LogP contribution in [0.3, 0.4) is 0 Å². The number of fused-ring (bicyclic) bond motifs is 1. The quantitative estimate of drug-likeness (QED) is 0.317. The molecule has 3 aromatic carbocycles. The van der Waals surface area contributed by atoms with Crippen LogP contribution in [-0.2, 0) is 0 Å². The minimum atomic E-state index is -0.382. The maximum atomic E-state index is 12.4. The lowest BCUT2D eigenvalue weighted by molar-refractivity contribution is 0.0955. The molecule has 0 spiro atoms. The zero-order valence-electron chi connectivity index (χ0n) is 14.9. The van der Waals surface area contributed by atoms with Crippen LogP contribution in [-0.4, -0.2) is 27.2 Å². The number of H-pyrrole nitrogens is 1. The fraction of sp³-hybridized carbons (Fsp3) is 0. The molecule has 0 fully saturated rings. The molecule has 0 unspecified atom stereocenters. The Morgan fingerprint density at radius 3 is 2.72 bits per heavy atom. The zero-order chi connectivity index (χ0) is 20.4. The van der Waals surface area contributed by atoms with E-state index < -0.39 is 0 Å². The molecule has 3 N–H and O–H groups in total. The summed E-state index contributed by atoms with van der Waals surface area (Å²) < 4.78 is 0. The summed E-state index contributed by atoms with van der Waals surface area (Å²) in [5.74, 6) is 0.262. The van der Waals surface area contributed by atoms with Gasteiger partial charge in [0.25, 0.3) is 5.91 Å². The normalized spacial score (nSPS) is 11.2. The lowest BCUT2D eigenvalue weighted by Crippen LogP contribution is -2.17. The molecular formula is C21H14Cl2N4O2. The molecule has 0 saturated heterocycles. The van der Waals surface area contributed by atoms with Crippen LogP contribution in [0.25, 0.3) is 22.4 Å². The Labute approximate surface area is 175 Å². The Balaban J connectivity index is 1.54. The number of imidazole rings is 1. The predicted octanol–water partition coefficient (Wildman–Crippen LogP) is 5.01. The first-order valence-electron chi connectivity index (χ1n) is 8.58. The number of hydrazone groups is 1. The first-order chi connectivity index (χ1) is 14.0. The molecule has 0 atom stereocenters. The van der Waals surface area contributed by atoms with Gasteiger partial charge in [-0.15, -0.1) is 0 Å². The maximum Gasteiger partial charge on any atom is 0.271 e. The number of aromatic amines is 1. The Hall–Kier alpha value is -3.35. The molecule has 1 amide bonds. The second-order valence-electron chi connectivity index (χ2n) is 6.20. The fourth-order valence-electron chi connectivity index (χ4n) is 2.78. The second-order valence-corrected chi connectivity index (χ2v) is 7.04. The van der Waals surface area contributed by atoms with Crippen LogP contribution in [0, 0.1) is 0 Å². The number of hydrogen-bond acceptors (Lipinski definition) is 4.